The van der Waals surface area contributed by atoms with E-state index >= 15 is 0 Å². The van der Waals surface area contributed by atoms with Crippen molar-refractivity contribution in [1.29, 1.82) is 0 Å². The van der Waals surface area contributed by atoms with Crippen molar-refractivity contribution in [2.45, 2.75) is 38.9 Å². The molecule has 0 aliphatic rings. The molecule has 0 amide bonds. The van der Waals surface area contributed by atoms with Crippen LogP contribution in [-0.2, 0) is 16.1 Å². The second-order valence-electron chi connectivity index (χ2n) is 9.48. The van der Waals surface area contributed by atoms with Gasteiger partial charge in [-0.1, -0.05) is 91.0 Å². The summed E-state index contributed by atoms with van der Waals surface area (Å²) in [5.74, 6) is -0.203. The second kappa shape index (κ2) is 11.9. The molecule has 0 radical (unpaired) electrons. The Balaban J connectivity index is 1.59. The summed E-state index contributed by atoms with van der Waals surface area (Å²) in [5, 5.41) is 5.75. The van der Waals surface area contributed by atoms with Crippen molar-refractivity contribution >= 4 is 16.9 Å². The summed E-state index contributed by atoms with van der Waals surface area (Å²) in [6.45, 7) is 5.11. The number of esters is 1. The Morgan fingerprint density at radius 1 is 0.868 bits per heavy atom. The molecule has 0 unspecified atom stereocenters. The molecule has 0 spiro atoms. The Kier molecular flexibility index (Phi) is 7.95. The first-order chi connectivity index (χ1) is 18.6. The minimum atomic E-state index is -0.203. The fourth-order valence-corrected chi connectivity index (χ4v) is 5.08. The second-order valence-corrected chi connectivity index (χ2v) is 9.48. The van der Waals surface area contributed by atoms with Gasteiger partial charge in [0.05, 0.1) is 30.4 Å². The Hall–Kier alpha value is -4.22. The van der Waals surface area contributed by atoms with Crippen LogP contribution in [0.25, 0.3) is 16.6 Å². The quantitative estimate of drug-likeness (QED) is 0.188. The van der Waals surface area contributed by atoms with Crippen LogP contribution in [0.2, 0.25) is 0 Å². The van der Waals surface area contributed by atoms with Gasteiger partial charge in [-0.05, 0) is 48.7 Å². The zero-order chi connectivity index (χ0) is 26.3. The summed E-state index contributed by atoms with van der Waals surface area (Å²) < 4.78 is 7.42. The summed E-state index contributed by atoms with van der Waals surface area (Å²) in [6.07, 6.45) is 2.14. The van der Waals surface area contributed by atoms with Crippen molar-refractivity contribution in [2.24, 2.45) is 0 Å². The number of carbonyl (C=O) groups excluding carboxylic acids is 1. The molecule has 0 saturated carbocycles. The van der Waals surface area contributed by atoms with E-state index in [4.69, 9.17) is 4.74 Å². The van der Waals surface area contributed by atoms with Crippen LogP contribution in [0.15, 0.2) is 115 Å². The van der Waals surface area contributed by atoms with E-state index in [0.717, 1.165) is 22.2 Å². The van der Waals surface area contributed by atoms with Gasteiger partial charge in [0, 0.05) is 24.0 Å². The molecule has 0 saturated heterocycles. The van der Waals surface area contributed by atoms with Crippen LogP contribution in [0, 0.1) is 0 Å². The van der Waals surface area contributed by atoms with Gasteiger partial charge < -0.3 is 4.74 Å². The van der Waals surface area contributed by atoms with E-state index in [0.29, 0.717) is 13.2 Å². The molecule has 0 bridgehead atoms. The highest BCUT2D eigenvalue weighted by Crippen LogP contribution is 2.36. The standard InChI is InChI=1S/C33H33N3O2/c1-3-38-33(37)22-32(28-18-12-19-30(21-28)36-31-20-11-10-17-29(31)23-34-36)35(24-26-13-6-4-7-14-26)25(2)27-15-8-5-9-16-27/h4-21,23,25,32H,3,22,24H2,1-2H3/t25-,32+/m1/s1. The van der Waals surface area contributed by atoms with Crippen LogP contribution in [0.4, 0.5) is 0 Å². The molecule has 0 N–H and O–H groups in total. The minimum Gasteiger partial charge on any atom is -0.466 e. The lowest BCUT2D eigenvalue weighted by molar-refractivity contribution is -0.145. The summed E-state index contributed by atoms with van der Waals surface area (Å²) in [4.78, 5) is 15.4. The summed E-state index contributed by atoms with van der Waals surface area (Å²) >= 11 is 0. The molecule has 5 nitrogen and oxygen atoms in total. The van der Waals surface area contributed by atoms with E-state index in [1.807, 2.05) is 48.1 Å². The number of aromatic nitrogens is 2. The van der Waals surface area contributed by atoms with E-state index in [-0.39, 0.29) is 24.5 Å². The Bertz CT molecular complexity index is 1480. The van der Waals surface area contributed by atoms with Crippen molar-refractivity contribution in [3.63, 3.8) is 0 Å². The molecule has 5 aromatic rings. The maximum atomic E-state index is 13.0. The molecule has 0 aliphatic carbocycles. The lowest BCUT2D eigenvalue weighted by atomic mass is 9.96. The zero-order valence-electron chi connectivity index (χ0n) is 21.9. The van der Waals surface area contributed by atoms with Gasteiger partial charge in [0.25, 0.3) is 0 Å². The van der Waals surface area contributed by atoms with Gasteiger partial charge in [-0.25, -0.2) is 4.68 Å². The molecule has 5 heteroatoms. The fraction of sp³-hybridized carbons (Fsp3) is 0.212. The predicted molar refractivity (Wildman–Crippen MR) is 152 cm³/mol. The summed E-state index contributed by atoms with van der Waals surface area (Å²) in [5.41, 5.74) is 5.45. The average Bonchev–Trinajstić information content (AvgIpc) is 3.40. The van der Waals surface area contributed by atoms with Gasteiger partial charge in [0.1, 0.15) is 0 Å². The highest BCUT2D eigenvalue weighted by atomic mass is 16.5. The maximum Gasteiger partial charge on any atom is 0.307 e. The molecule has 38 heavy (non-hydrogen) atoms. The SMILES string of the molecule is CCOC(=O)C[C@@H](c1cccc(-n2ncc3ccccc32)c1)N(Cc1ccccc1)[C@H](C)c1ccccc1. The third-order valence-electron chi connectivity index (χ3n) is 7.03. The number of hydrogen-bond donors (Lipinski definition) is 0. The van der Waals surface area contributed by atoms with E-state index in [1.165, 1.54) is 11.1 Å². The van der Waals surface area contributed by atoms with Crippen molar-refractivity contribution < 1.29 is 9.53 Å². The van der Waals surface area contributed by atoms with Crippen LogP contribution in [0.5, 0.6) is 0 Å². The first-order valence-electron chi connectivity index (χ1n) is 13.2. The fourth-order valence-electron chi connectivity index (χ4n) is 5.08. The van der Waals surface area contributed by atoms with E-state index in [9.17, 15) is 4.79 Å². The summed E-state index contributed by atoms with van der Waals surface area (Å²) in [6, 6.07) is 37.3. The third kappa shape index (κ3) is 5.68. The highest BCUT2D eigenvalue weighted by Gasteiger charge is 2.29. The maximum absolute atomic E-state index is 13.0. The molecular weight excluding hydrogens is 470 g/mol. The van der Waals surface area contributed by atoms with Crippen molar-refractivity contribution in [3.8, 4) is 5.69 Å². The summed E-state index contributed by atoms with van der Waals surface area (Å²) in [7, 11) is 0. The number of para-hydroxylation sites is 1. The van der Waals surface area contributed by atoms with Gasteiger partial charge in [-0.15, -0.1) is 0 Å². The lowest BCUT2D eigenvalue weighted by Gasteiger charge is -2.37. The molecular formula is C33H33N3O2. The first-order valence-corrected chi connectivity index (χ1v) is 13.2. The predicted octanol–water partition coefficient (Wildman–Crippen LogP) is 7.28. The largest absolute Gasteiger partial charge is 0.466 e. The first kappa shape index (κ1) is 25.4. The van der Waals surface area contributed by atoms with Gasteiger partial charge in [0.15, 0.2) is 0 Å². The topological polar surface area (TPSA) is 47.4 Å². The number of ether oxygens (including phenoxy) is 1. The van der Waals surface area contributed by atoms with Crippen LogP contribution in [0.1, 0.15) is 49.0 Å². The molecule has 1 heterocycles. The third-order valence-corrected chi connectivity index (χ3v) is 7.03. The van der Waals surface area contributed by atoms with Crippen molar-refractivity contribution in [1.82, 2.24) is 14.7 Å². The molecule has 192 valence electrons. The smallest absolute Gasteiger partial charge is 0.307 e. The molecule has 4 aromatic carbocycles. The van der Waals surface area contributed by atoms with Crippen LogP contribution < -0.4 is 0 Å². The number of nitrogens with zero attached hydrogens (tertiary/aromatic N) is 3. The number of carbonyl (C=O) groups is 1. The minimum absolute atomic E-state index is 0.0602. The molecule has 0 aliphatic heterocycles. The molecule has 1 aromatic heterocycles. The van der Waals surface area contributed by atoms with Crippen molar-refractivity contribution in [3.05, 3.63) is 132 Å². The van der Waals surface area contributed by atoms with Gasteiger partial charge in [0.2, 0.25) is 0 Å². The number of fused-ring (bicyclic) bond motifs is 1. The normalized spacial score (nSPS) is 12.9. The van der Waals surface area contributed by atoms with Gasteiger partial charge in [-0.3, -0.25) is 9.69 Å². The Morgan fingerprint density at radius 3 is 2.32 bits per heavy atom. The number of hydrogen-bond acceptors (Lipinski definition) is 4. The Morgan fingerprint density at radius 2 is 1.55 bits per heavy atom. The van der Waals surface area contributed by atoms with Gasteiger partial charge >= 0.3 is 5.97 Å². The number of benzene rings is 4. The van der Waals surface area contributed by atoms with Crippen LogP contribution in [0.3, 0.4) is 0 Å². The highest BCUT2D eigenvalue weighted by molar-refractivity contribution is 5.80. The lowest BCUT2D eigenvalue weighted by Crippen LogP contribution is -2.33. The van der Waals surface area contributed by atoms with E-state index in [2.05, 4.69) is 95.8 Å². The van der Waals surface area contributed by atoms with Crippen LogP contribution in [-0.4, -0.2) is 27.3 Å². The molecule has 2 atom stereocenters. The van der Waals surface area contributed by atoms with Crippen molar-refractivity contribution in [2.75, 3.05) is 6.61 Å². The zero-order valence-corrected chi connectivity index (χ0v) is 21.9. The Labute approximate surface area is 224 Å². The monoisotopic (exact) mass is 503 g/mol. The van der Waals surface area contributed by atoms with E-state index in [1.54, 1.807) is 0 Å². The number of rotatable bonds is 10. The van der Waals surface area contributed by atoms with E-state index < -0.39 is 0 Å². The van der Waals surface area contributed by atoms with Gasteiger partial charge in [-0.2, -0.15) is 5.10 Å². The van der Waals surface area contributed by atoms with Crippen LogP contribution >= 0.6 is 0 Å². The molecule has 0 fully saturated rings. The average molecular weight is 504 g/mol. The molecule has 5 rings (SSSR count).